The number of para-hydroxylation sites is 2. The molecule has 1 atom stereocenters. The van der Waals surface area contributed by atoms with Gasteiger partial charge < -0.3 is 19.2 Å². The number of aromatic nitrogens is 2. The van der Waals surface area contributed by atoms with Gasteiger partial charge in [-0.25, -0.2) is 4.68 Å². The van der Waals surface area contributed by atoms with Crippen LogP contribution in [0, 0.1) is 0 Å². The van der Waals surface area contributed by atoms with Crippen molar-refractivity contribution in [2.75, 3.05) is 12.4 Å². The summed E-state index contributed by atoms with van der Waals surface area (Å²) in [4.78, 5) is 12.4. The van der Waals surface area contributed by atoms with Crippen LogP contribution in [0.25, 0.3) is 0 Å². The maximum absolute atomic E-state index is 12.4. The summed E-state index contributed by atoms with van der Waals surface area (Å²) in [6.45, 7) is 2.10. The molecule has 0 aliphatic heterocycles. The zero-order valence-corrected chi connectivity index (χ0v) is 14.0. The quantitative estimate of drug-likeness (QED) is 0.715. The van der Waals surface area contributed by atoms with Crippen molar-refractivity contribution >= 4 is 11.7 Å². The molecule has 0 aliphatic rings. The molecule has 0 spiro atoms. The van der Waals surface area contributed by atoms with Crippen LogP contribution in [0.3, 0.4) is 0 Å². The topological polar surface area (TPSA) is 78.5 Å². The Morgan fingerprint density at radius 2 is 2.04 bits per heavy atom. The van der Waals surface area contributed by atoms with E-state index in [0.29, 0.717) is 23.9 Å². The third-order valence-electron chi connectivity index (χ3n) is 3.60. The molecule has 0 saturated heterocycles. The van der Waals surface area contributed by atoms with E-state index in [9.17, 15) is 4.79 Å². The van der Waals surface area contributed by atoms with Crippen molar-refractivity contribution in [3.63, 3.8) is 0 Å². The van der Waals surface area contributed by atoms with Gasteiger partial charge in [-0.1, -0.05) is 12.1 Å². The summed E-state index contributed by atoms with van der Waals surface area (Å²) in [6, 6.07) is 12.6. The molecular weight excluding hydrogens is 322 g/mol. The lowest BCUT2D eigenvalue weighted by Crippen LogP contribution is -2.31. The minimum atomic E-state index is -0.705. The maximum atomic E-state index is 12.4. The number of benzene rings is 1. The number of anilines is 1. The van der Waals surface area contributed by atoms with Crippen molar-refractivity contribution in [3.05, 3.63) is 60.7 Å². The molecule has 7 heteroatoms. The maximum Gasteiger partial charge on any atom is 0.266 e. The largest absolute Gasteiger partial charge is 0.493 e. The Kier molecular flexibility index (Phi) is 5.03. The number of furan rings is 1. The first-order chi connectivity index (χ1) is 12.2. The van der Waals surface area contributed by atoms with E-state index < -0.39 is 6.10 Å². The number of carbonyl (C=O) groups excluding carboxylic acids is 1. The first kappa shape index (κ1) is 16.6. The van der Waals surface area contributed by atoms with Gasteiger partial charge in [0.05, 0.1) is 19.6 Å². The Morgan fingerprint density at radius 1 is 1.24 bits per heavy atom. The molecule has 0 bridgehead atoms. The molecule has 3 rings (SSSR count). The molecule has 7 nitrogen and oxygen atoms in total. The van der Waals surface area contributed by atoms with Crippen molar-refractivity contribution < 1.29 is 18.7 Å². The van der Waals surface area contributed by atoms with Gasteiger partial charge in [-0.2, -0.15) is 5.10 Å². The summed E-state index contributed by atoms with van der Waals surface area (Å²) in [5, 5.41) is 7.01. The average Bonchev–Trinajstić information content (AvgIpc) is 3.28. The van der Waals surface area contributed by atoms with E-state index in [1.54, 1.807) is 55.4 Å². The fourth-order valence-corrected chi connectivity index (χ4v) is 2.30. The van der Waals surface area contributed by atoms with Crippen molar-refractivity contribution in [2.45, 2.75) is 19.6 Å². The Labute approximate surface area is 145 Å². The SMILES string of the molecule is COc1ccccc1O[C@@H](C)C(=O)Nc1ccnn1Cc1ccco1. The number of nitrogens with zero attached hydrogens (tertiary/aromatic N) is 2. The van der Waals surface area contributed by atoms with Crippen molar-refractivity contribution in [2.24, 2.45) is 0 Å². The summed E-state index contributed by atoms with van der Waals surface area (Å²) in [5.41, 5.74) is 0. The van der Waals surface area contributed by atoms with Gasteiger partial charge in [0.15, 0.2) is 17.6 Å². The van der Waals surface area contributed by atoms with Crippen LogP contribution in [0.5, 0.6) is 11.5 Å². The van der Waals surface area contributed by atoms with Crippen LogP contribution in [-0.4, -0.2) is 28.9 Å². The van der Waals surface area contributed by atoms with Gasteiger partial charge in [0, 0.05) is 6.07 Å². The van der Waals surface area contributed by atoms with Crippen molar-refractivity contribution in [1.82, 2.24) is 9.78 Å². The van der Waals surface area contributed by atoms with E-state index in [1.165, 1.54) is 0 Å². The van der Waals surface area contributed by atoms with Gasteiger partial charge in [0.25, 0.3) is 5.91 Å². The second-order valence-electron chi connectivity index (χ2n) is 5.35. The highest BCUT2D eigenvalue weighted by Crippen LogP contribution is 2.27. The number of nitrogens with one attached hydrogen (secondary N) is 1. The summed E-state index contributed by atoms with van der Waals surface area (Å²) in [7, 11) is 1.56. The second-order valence-corrected chi connectivity index (χ2v) is 5.35. The Bertz CT molecular complexity index is 826. The molecule has 130 valence electrons. The van der Waals surface area contributed by atoms with Crippen LogP contribution in [0.4, 0.5) is 5.82 Å². The van der Waals surface area contributed by atoms with Crippen LogP contribution in [0.15, 0.2) is 59.3 Å². The van der Waals surface area contributed by atoms with Crippen LogP contribution in [-0.2, 0) is 11.3 Å². The lowest BCUT2D eigenvalue weighted by atomic mass is 10.3. The third-order valence-corrected chi connectivity index (χ3v) is 3.60. The van der Waals surface area contributed by atoms with Gasteiger partial charge in [0.2, 0.25) is 0 Å². The van der Waals surface area contributed by atoms with Crippen molar-refractivity contribution in [3.8, 4) is 11.5 Å². The summed E-state index contributed by atoms with van der Waals surface area (Å²) in [5.74, 6) is 2.11. The summed E-state index contributed by atoms with van der Waals surface area (Å²) < 4.78 is 17.9. The highest BCUT2D eigenvalue weighted by Gasteiger charge is 2.18. The standard InChI is InChI=1S/C18H19N3O4/c1-13(25-16-8-4-3-7-15(16)23-2)18(22)20-17-9-10-19-21(17)12-14-6-5-11-24-14/h3-11,13H,12H2,1-2H3,(H,20,22)/t13-/m0/s1. The summed E-state index contributed by atoms with van der Waals surface area (Å²) >= 11 is 0. The van der Waals surface area contributed by atoms with E-state index in [1.807, 2.05) is 18.2 Å². The highest BCUT2D eigenvalue weighted by atomic mass is 16.5. The molecule has 25 heavy (non-hydrogen) atoms. The first-order valence-electron chi connectivity index (χ1n) is 7.82. The minimum absolute atomic E-state index is 0.285. The molecule has 1 aromatic carbocycles. The number of hydrogen-bond acceptors (Lipinski definition) is 5. The van der Waals surface area contributed by atoms with Gasteiger partial charge in [0.1, 0.15) is 18.1 Å². The van der Waals surface area contributed by atoms with E-state index in [2.05, 4.69) is 10.4 Å². The molecule has 0 fully saturated rings. The van der Waals surface area contributed by atoms with Gasteiger partial charge in [-0.3, -0.25) is 4.79 Å². The third kappa shape index (κ3) is 4.00. The van der Waals surface area contributed by atoms with E-state index >= 15 is 0 Å². The molecule has 0 radical (unpaired) electrons. The van der Waals surface area contributed by atoms with E-state index in [0.717, 1.165) is 5.76 Å². The molecule has 1 N–H and O–H groups in total. The number of rotatable bonds is 7. The Morgan fingerprint density at radius 3 is 2.76 bits per heavy atom. The first-order valence-corrected chi connectivity index (χ1v) is 7.82. The molecule has 2 heterocycles. The van der Waals surface area contributed by atoms with Gasteiger partial charge in [-0.05, 0) is 31.2 Å². The zero-order chi connectivity index (χ0) is 17.6. The highest BCUT2D eigenvalue weighted by molar-refractivity contribution is 5.93. The van der Waals surface area contributed by atoms with Crippen molar-refractivity contribution in [1.29, 1.82) is 0 Å². The molecule has 0 saturated carbocycles. The number of carbonyl (C=O) groups is 1. The molecule has 0 aliphatic carbocycles. The fraction of sp³-hybridized carbons (Fsp3) is 0.222. The van der Waals surface area contributed by atoms with Gasteiger partial charge >= 0.3 is 0 Å². The van der Waals surface area contributed by atoms with E-state index in [4.69, 9.17) is 13.9 Å². The molecule has 3 aromatic rings. The molecular formula is C18H19N3O4. The predicted molar refractivity (Wildman–Crippen MR) is 91.8 cm³/mol. The molecule has 1 amide bonds. The smallest absolute Gasteiger partial charge is 0.266 e. The molecule has 0 unspecified atom stereocenters. The Hall–Kier alpha value is -3.22. The van der Waals surface area contributed by atoms with E-state index in [-0.39, 0.29) is 5.91 Å². The zero-order valence-electron chi connectivity index (χ0n) is 14.0. The number of hydrogen-bond donors (Lipinski definition) is 1. The fourth-order valence-electron chi connectivity index (χ4n) is 2.30. The lowest BCUT2D eigenvalue weighted by molar-refractivity contribution is -0.122. The number of amides is 1. The van der Waals surface area contributed by atoms with Crippen LogP contribution in [0.1, 0.15) is 12.7 Å². The lowest BCUT2D eigenvalue weighted by Gasteiger charge is -2.17. The monoisotopic (exact) mass is 341 g/mol. The average molecular weight is 341 g/mol. The Balaban J connectivity index is 1.65. The summed E-state index contributed by atoms with van der Waals surface area (Å²) in [6.07, 6.45) is 2.51. The second kappa shape index (κ2) is 7.57. The molecule has 2 aromatic heterocycles. The number of ether oxygens (including phenoxy) is 2. The van der Waals surface area contributed by atoms with Gasteiger partial charge in [-0.15, -0.1) is 0 Å². The van der Waals surface area contributed by atoms with Crippen LogP contribution < -0.4 is 14.8 Å². The predicted octanol–water partition coefficient (Wildman–Crippen LogP) is 2.94. The van der Waals surface area contributed by atoms with Crippen LogP contribution in [0.2, 0.25) is 0 Å². The minimum Gasteiger partial charge on any atom is -0.493 e. The van der Waals surface area contributed by atoms with Crippen LogP contribution >= 0.6 is 0 Å². The normalized spacial score (nSPS) is 11.8. The number of methoxy groups -OCH3 is 1.